The molecular formula is C11H11FN2O. The fraction of sp³-hybridized carbons (Fsp3) is 0.182. The molecule has 0 aliphatic carbocycles. The van der Waals surface area contributed by atoms with E-state index in [1.165, 1.54) is 12.1 Å². The smallest absolute Gasteiger partial charge is 0.292 e. The van der Waals surface area contributed by atoms with Crippen molar-refractivity contribution in [2.24, 2.45) is 0 Å². The molecular weight excluding hydrogens is 195 g/mol. The number of rotatable bonds is 2. The standard InChI is InChI=1S/C11H11FN2O/c1-7-10(14-11(13)15-7)6-8-2-4-9(12)5-3-8/h2-5H,6H2,1H3,(H2,13,14). The van der Waals surface area contributed by atoms with Gasteiger partial charge in [0, 0.05) is 6.42 Å². The monoisotopic (exact) mass is 206 g/mol. The molecule has 0 saturated heterocycles. The van der Waals surface area contributed by atoms with Crippen LogP contribution in [0.2, 0.25) is 0 Å². The van der Waals surface area contributed by atoms with Gasteiger partial charge in [0.25, 0.3) is 6.01 Å². The third kappa shape index (κ3) is 2.15. The van der Waals surface area contributed by atoms with Crippen molar-refractivity contribution in [3.8, 4) is 0 Å². The minimum Gasteiger partial charge on any atom is -0.429 e. The molecule has 0 bridgehead atoms. The molecule has 2 aromatic rings. The lowest BCUT2D eigenvalue weighted by Crippen LogP contribution is -1.91. The van der Waals surface area contributed by atoms with E-state index in [1.54, 1.807) is 12.1 Å². The summed E-state index contributed by atoms with van der Waals surface area (Å²) < 4.78 is 17.8. The van der Waals surface area contributed by atoms with Crippen LogP contribution >= 0.6 is 0 Å². The molecule has 15 heavy (non-hydrogen) atoms. The molecule has 0 aliphatic rings. The number of nitrogen functional groups attached to an aromatic ring is 1. The predicted octanol–water partition coefficient (Wildman–Crippen LogP) is 2.30. The lowest BCUT2D eigenvalue weighted by atomic mass is 10.1. The number of nitrogens with two attached hydrogens (primary N) is 1. The third-order valence-electron chi connectivity index (χ3n) is 2.19. The van der Waals surface area contributed by atoms with Crippen LogP contribution in [0.4, 0.5) is 10.4 Å². The molecule has 0 unspecified atom stereocenters. The van der Waals surface area contributed by atoms with Crippen LogP contribution in [0.15, 0.2) is 28.7 Å². The Hall–Kier alpha value is -1.84. The van der Waals surface area contributed by atoms with Crippen LogP contribution in [0.1, 0.15) is 17.0 Å². The van der Waals surface area contributed by atoms with E-state index in [-0.39, 0.29) is 11.8 Å². The van der Waals surface area contributed by atoms with Gasteiger partial charge in [0.05, 0.1) is 5.69 Å². The van der Waals surface area contributed by atoms with Gasteiger partial charge in [-0.05, 0) is 24.6 Å². The van der Waals surface area contributed by atoms with E-state index in [4.69, 9.17) is 10.2 Å². The van der Waals surface area contributed by atoms with Gasteiger partial charge in [-0.2, -0.15) is 4.98 Å². The maximum absolute atomic E-state index is 12.7. The number of hydrogen-bond donors (Lipinski definition) is 1. The Labute approximate surface area is 86.7 Å². The Morgan fingerprint density at radius 1 is 1.33 bits per heavy atom. The van der Waals surface area contributed by atoms with Crippen molar-refractivity contribution in [3.63, 3.8) is 0 Å². The largest absolute Gasteiger partial charge is 0.429 e. The van der Waals surface area contributed by atoms with Gasteiger partial charge in [-0.25, -0.2) is 4.39 Å². The van der Waals surface area contributed by atoms with Crippen molar-refractivity contribution in [1.29, 1.82) is 0 Å². The first-order valence-electron chi connectivity index (χ1n) is 4.61. The summed E-state index contributed by atoms with van der Waals surface area (Å²) in [6, 6.07) is 6.46. The molecule has 4 heteroatoms. The molecule has 0 saturated carbocycles. The van der Waals surface area contributed by atoms with Crippen LogP contribution in [-0.4, -0.2) is 4.98 Å². The first-order valence-corrected chi connectivity index (χ1v) is 4.61. The van der Waals surface area contributed by atoms with Gasteiger partial charge in [-0.3, -0.25) is 0 Å². The van der Waals surface area contributed by atoms with E-state index in [0.717, 1.165) is 11.3 Å². The van der Waals surface area contributed by atoms with Crippen molar-refractivity contribution < 1.29 is 8.81 Å². The van der Waals surface area contributed by atoms with Gasteiger partial charge in [0.2, 0.25) is 0 Å². The van der Waals surface area contributed by atoms with E-state index < -0.39 is 0 Å². The zero-order chi connectivity index (χ0) is 10.8. The van der Waals surface area contributed by atoms with Crippen molar-refractivity contribution in [1.82, 2.24) is 4.98 Å². The summed E-state index contributed by atoms with van der Waals surface area (Å²) in [6.45, 7) is 1.81. The van der Waals surface area contributed by atoms with Crippen molar-refractivity contribution in [3.05, 3.63) is 47.1 Å². The van der Waals surface area contributed by atoms with E-state index >= 15 is 0 Å². The van der Waals surface area contributed by atoms with Gasteiger partial charge in [-0.1, -0.05) is 12.1 Å². The number of aryl methyl sites for hydroxylation is 1. The average Bonchev–Trinajstić information content (AvgIpc) is 2.49. The molecule has 0 aliphatic heterocycles. The summed E-state index contributed by atoms with van der Waals surface area (Å²) in [7, 11) is 0. The molecule has 0 fully saturated rings. The third-order valence-corrected chi connectivity index (χ3v) is 2.19. The van der Waals surface area contributed by atoms with Crippen LogP contribution in [0.5, 0.6) is 0 Å². The zero-order valence-corrected chi connectivity index (χ0v) is 8.33. The normalized spacial score (nSPS) is 10.5. The van der Waals surface area contributed by atoms with E-state index in [2.05, 4.69) is 4.98 Å². The summed E-state index contributed by atoms with van der Waals surface area (Å²) in [5.41, 5.74) is 7.19. The first kappa shape index (κ1) is 9.71. The van der Waals surface area contributed by atoms with E-state index in [9.17, 15) is 4.39 Å². The number of benzene rings is 1. The van der Waals surface area contributed by atoms with Crippen LogP contribution in [0.3, 0.4) is 0 Å². The minimum absolute atomic E-state index is 0.171. The highest BCUT2D eigenvalue weighted by Gasteiger charge is 2.07. The first-order chi connectivity index (χ1) is 7.15. The van der Waals surface area contributed by atoms with Crippen molar-refractivity contribution >= 4 is 6.01 Å². The van der Waals surface area contributed by atoms with Gasteiger partial charge < -0.3 is 10.2 Å². The Kier molecular flexibility index (Phi) is 2.41. The van der Waals surface area contributed by atoms with Crippen LogP contribution in [0, 0.1) is 12.7 Å². The van der Waals surface area contributed by atoms with Crippen molar-refractivity contribution in [2.75, 3.05) is 5.73 Å². The van der Waals surface area contributed by atoms with Crippen LogP contribution < -0.4 is 5.73 Å². The predicted molar refractivity (Wildman–Crippen MR) is 54.9 cm³/mol. The lowest BCUT2D eigenvalue weighted by molar-refractivity contribution is 0.545. The SMILES string of the molecule is Cc1oc(N)nc1Cc1ccc(F)cc1. The van der Waals surface area contributed by atoms with Gasteiger partial charge in [0.15, 0.2) is 0 Å². The summed E-state index contributed by atoms with van der Waals surface area (Å²) in [4.78, 5) is 4.05. The molecule has 0 atom stereocenters. The van der Waals surface area contributed by atoms with Gasteiger partial charge in [-0.15, -0.1) is 0 Å². The van der Waals surface area contributed by atoms with E-state index in [0.29, 0.717) is 12.2 Å². The maximum Gasteiger partial charge on any atom is 0.292 e. The second-order valence-corrected chi connectivity index (χ2v) is 3.36. The Bertz CT molecular complexity index is 462. The molecule has 2 N–H and O–H groups in total. The molecule has 2 rings (SSSR count). The Balaban J connectivity index is 2.21. The molecule has 1 heterocycles. The topological polar surface area (TPSA) is 52.0 Å². The molecule has 0 radical (unpaired) electrons. The Morgan fingerprint density at radius 3 is 2.53 bits per heavy atom. The summed E-state index contributed by atoms with van der Waals surface area (Å²) in [5, 5.41) is 0. The van der Waals surface area contributed by atoms with Crippen molar-refractivity contribution in [2.45, 2.75) is 13.3 Å². The number of aromatic nitrogens is 1. The lowest BCUT2D eigenvalue weighted by Gasteiger charge is -1.98. The summed E-state index contributed by atoms with van der Waals surface area (Å²) >= 11 is 0. The van der Waals surface area contributed by atoms with Crippen LogP contribution in [0.25, 0.3) is 0 Å². The fourth-order valence-corrected chi connectivity index (χ4v) is 1.41. The highest BCUT2D eigenvalue weighted by atomic mass is 19.1. The summed E-state index contributed by atoms with van der Waals surface area (Å²) in [6.07, 6.45) is 0.604. The summed E-state index contributed by atoms with van der Waals surface area (Å²) in [5.74, 6) is 0.465. The number of anilines is 1. The van der Waals surface area contributed by atoms with E-state index in [1.807, 2.05) is 6.92 Å². The molecule has 78 valence electrons. The molecule has 0 amide bonds. The second-order valence-electron chi connectivity index (χ2n) is 3.36. The molecule has 1 aromatic carbocycles. The maximum atomic E-state index is 12.7. The highest BCUT2D eigenvalue weighted by molar-refractivity contribution is 5.26. The Morgan fingerprint density at radius 2 is 2.00 bits per heavy atom. The number of hydrogen-bond acceptors (Lipinski definition) is 3. The number of halogens is 1. The fourth-order valence-electron chi connectivity index (χ4n) is 1.41. The molecule has 1 aromatic heterocycles. The highest BCUT2D eigenvalue weighted by Crippen LogP contribution is 2.15. The second kappa shape index (κ2) is 3.73. The molecule has 0 spiro atoms. The quantitative estimate of drug-likeness (QED) is 0.820. The van der Waals surface area contributed by atoms with Crippen LogP contribution in [-0.2, 0) is 6.42 Å². The van der Waals surface area contributed by atoms with Gasteiger partial charge >= 0.3 is 0 Å². The molecule has 3 nitrogen and oxygen atoms in total. The minimum atomic E-state index is -0.241. The zero-order valence-electron chi connectivity index (χ0n) is 8.33. The number of nitrogens with zero attached hydrogens (tertiary/aromatic N) is 1. The van der Waals surface area contributed by atoms with Gasteiger partial charge in [0.1, 0.15) is 11.6 Å². The number of oxazole rings is 1. The average molecular weight is 206 g/mol.